The molecule has 1 heterocycles. The summed E-state index contributed by atoms with van der Waals surface area (Å²) in [7, 11) is 0. The van der Waals surface area contributed by atoms with Crippen LogP contribution in [0.1, 0.15) is 5.56 Å². The summed E-state index contributed by atoms with van der Waals surface area (Å²) in [6.45, 7) is 0.419. The Hall–Kier alpha value is -1.77. The lowest BCUT2D eigenvalue weighted by Crippen LogP contribution is -2.23. The van der Waals surface area contributed by atoms with Gasteiger partial charge in [-0.2, -0.15) is 0 Å². The summed E-state index contributed by atoms with van der Waals surface area (Å²) >= 11 is 0. The highest BCUT2D eigenvalue weighted by molar-refractivity contribution is 5.70. The summed E-state index contributed by atoms with van der Waals surface area (Å²) in [5.41, 5.74) is 1.12. The molecule has 1 fully saturated rings. The Bertz CT molecular complexity index is 346. The van der Waals surface area contributed by atoms with Crippen molar-refractivity contribution >= 4 is 12.2 Å². The van der Waals surface area contributed by atoms with Crippen molar-refractivity contribution < 1.29 is 9.53 Å². The first-order valence-corrected chi connectivity index (χ1v) is 4.51. The van der Waals surface area contributed by atoms with Gasteiger partial charge in [0.2, 0.25) is 0 Å². The molecule has 0 spiro atoms. The van der Waals surface area contributed by atoms with Crippen LogP contribution in [0, 0.1) is 0 Å². The van der Waals surface area contributed by atoms with E-state index < -0.39 is 0 Å². The number of hydrogen-bond acceptors (Lipinski definition) is 2. The minimum atomic E-state index is -0.340. The van der Waals surface area contributed by atoms with E-state index in [0.29, 0.717) is 6.61 Å². The fourth-order valence-electron chi connectivity index (χ4n) is 1.30. The highest BCUT2D eigenvalue weighted by Gasteiger charge is 2.18. The monoisotopic (exact) mass is 189 g/mol. The molecule has 1 aromatic carbocycles. The predicted molar refractivity (Wildman–Crippen MR) is 53.7 cm³/mol. The molecule has 3 heteroatoms. The molecule has 1 atom stereocenters. The minimum Gasteiger partial charge on any atom is -0.447 e. The van der Waals surface area contributed by atoms with Gasteiger partial charge in [-0.05, 0) is 5.56 Å². The molecule has 72 valence electrons. The number of rotatable bonds is 2. The van der Waals surface area contributed by atoms with Gasteiger partial charge < -0.3 is 10.1 Å². The molecule has 0 saturated carbocycles. The average Bonchev–Trinajstić information content (AvgIpc) is 2.63. The van der Waals surface area contributed by atoms with Crippen LogP contribution in [0.4, 0.5) is 4.79 Å². The smallest absolute Gasteiger partial charge is 0.407 e. The van der Waals surface area contributed by atoms with Crippen molar-refractivity contribution in [3.63, 3.8) is 0 Å². The number of amides is 1. The van der Waals surface area contributed by atoms with Gasteiger partial charge in [-0.15, -0.1) is 0 Å². The third-order valence-corrected chi connectivity index (χ3v) is 2.02. The van der Waals surface area contributed by atoms with Crippen molar-refractivity contribution in [3.05, 3.63) is 42.0 Å². The van der Waals surface area contributed by atoms with Crippen LogP contribution in [0.5, 0.6) is 0 Å². The number of ether oxygens (including phenoxy) is 1. The molecular formula is C11H11NO2. The molecule has 1 amide bonds. The predicted octanol–water partition coefficient (Wildman–Crippen LogP) is 1.81. The Morgan fingerprint density at radius 2 is 2.14 bits per heavy atom. The summed E-state index contributed by atoms with van der Waals surface area (Å²) in [6, 6.07) is 9.94. The molecule has 0 bridgehead atoms. The van der Waals surface area contributed by atoms with Gasteiger partial charge in [-0.1, -0.05) is 42.5 Å². The number of nitrogens with one attached hydrogen (secondary N) is 1. The highest BCUT2D eigenvalue weighted by atomic mass is 16.6. The second-order valence-corrected chi connectivity index (χ2v) is 3.12. The van der Waals surface area contributed by atoms with Gasteiger partial charge in [0.1, 0.15) is 6.61 Å². The summed E-state index contributed by atoms with van der Waals surface area (Å²) in [4.78, 5) is 10.7. The van der Waals surface area contributed by atoms with Gasteiger partial charge in [0.15, 0.2) is 0 Å². The molecule has 1 aliphatic heterocycles. The number of cyclic esters (lactones) is 1. The number of hydrogen-bond donors (Lipinski definition) is 1. The van der Waals surface area contributed by atoms with E-state index in [1.807, 2.05) is 42.5 Å². The number of carbonyl (C=O) groups is 1. The van der Waals surface area contributed by atoms with Crippen LogP contribution in [-0.4, -0.2) is 18.7 Å². The van der Waals surface area contributed by atoms with Crippen LogP contribution < -0.4 is 5.32 Å². The second kappa shape index (κ2) is 3.96. The summed E-state index contributed by atoms with van der Waals surface area (Å²) in [6.07, 6.45) is 3.56. The number of alkyl carbamates (subject to hydrolysis) is 1. The lowest BCUT2D eigenvalue weighted by Gasteiger charge is -1.98. The Kier molecular flexibility index (Phi) is 2.49. The van der Waals surface area contributed by atoms with E-state index in [2.05, 4.69) is 5.32 Å². The van der Waals surface area contributed by atoms with Crippen LogP contribution in [0.15, 0.2) is 36.4 Å². The summed E-state index contributed by atoms with van der Waals surface area (Å²) < 4.78 is 4.75. The number of carbonyl (C=O) groups excluding carboxylic acids is 1. The first kappa shape index (κ1) is 8.81. The van der Waals surface area contributed by atoms with Gasteiger partial charge in [-0.3, -0.25) is 0 Å². The van der Waals surface area contributed by atoms with Crippen LogP contribution >= 0.6 is 0 Å². The first-order valence-electron chi connectivity index (χ1n) is 4.51. The van der Waals surface area contributed by atoms with Crippen LogP contribution in [-0.2, 0) is 4.74 Å². The molecule has 1 saturated heterocycles. The Balaban J connectivity index is 1.97. The maximum Gasteiger partial charge on any atom is 0.407 e. The molecule has 14 heavy (non-hydrogen) atoms. The van der Waals surface area contributed by atoms with Gasteiger partial charge in [0.25, 0.3) is 0 Å². The third-order valence-electron chi connectivity index (χ3n) is 2.02. The normalized spacial score (nSPS) is 20.9. The average molecular weight is 189 g/mol. The fraction of sp³-hybridized carbons (Fsp3) is 0.182. The maximum atomic E-state index is 10.7. The fourth-order valence-corrected chi connectivity index (χ4v) is 1.30. The molecule has 0 radical (unpaired) electrons. The Morgan fingerprint density at radius 1 is 1.36 bits per heavy atom. The second-order valence-electron chi connectivity index (χ2n) is 3.12. The van der Waals surface area contributed by atoms with E-state index in [1.54, 1.807) is 0 Å². The zero-order valence-electron chi connectivity index (χ0n) is 7.64. The van der Waals surface area contributed by atoms with Crippen molar-refractivity contribution in [2.24, 2.45) is 0 Å². The molecule has 1 aliphatic rings. The zero-order chi connectivity index (χ0) is 9.80. The molecule has 2 rings (SSSR count). The molecule has 0 aromatic heterocycles. The summed E-state index contributed by atoms with van der Waals surface area (Å²) in [5.74, 6) is 0. The van der Waals surface area contributed by atoms with E-state index in [0.717, 1.165) is 5.56 Å². The van der Waals surface area contributed by atoms with Crippen molar-refractivity contribution in [2.45, 2.75) is 6.04 Å². The molecule has 0 aliphatic carbocycles. The molecule has 0 unspecified atom stereocenters. The van der Waals surface area contributed by atoms with Gasteiger partial charge in [0.05, 0.1) is 6.04 Å². The molecule has 1 N–H and O–H groups in total. The maximum absolute atomic E-state index is 10.7. The van der Waals surface area contributed by atoms with Crippen molar-refractivity contribution in [1.29, 1.82) is 0 Å². The lowest BCUT2D eigenvalue weighted by atomic mass is 10.2. The van der Waals surface area contributed by atoms with Gasteiger partial charge in [0, 0.05) is 0 Å². The quantitative estimate of drug-likeness (QED) is 0.770. The molecule has 1 aromatic rings. The van der Waals surface area contributed by atoms with Crippen molar-refractivity contribution in [2.75, 3.05) is 6.61 Å². The topological polar surface area (TPSA) is 38.3 Å². The zero-order valence-corrected chi connectivity index (χ0v) is 7.64. The highest BCUT2D eigenvalue weighted by Crippen LogP contribution is 2.04. The molecular weight excluding hydrogens is 178 g/mol. The van der Waals surface area contributed by atoms with E-state index in [-0.39, 0.29) is 12.1 Å². The van der Waals surface area contributed by atoms with E-state index in [9.17, 15) is 4.79 Å². The third kappa shape index (κ3) is 2.13. The SMILES string of the molecule is O=C1N[C@H](C=Cc2ccccc2)CO1. The van der Waals surface area contributed by atoms with Crippen molar-refractivity contribution in [3.8, 4) is 0 Å². The lowest BCUT2D eigenvalue weighted by molar-refractivity contribution is 0.177. The Labute approximate surface area is 82.4 Å². The summed E-state index contributed by atoms with van der Waals surface area (Å²) in [5, 5.41) is 2.68. The minimum absolute atomic E-state index is 0.00251. The Morgan fingerprint density at radius 3 is 2.79 bits per heavy atom. The van der Waals surface area contributed by atoms with E-state index in [1.165, 1.54) is 0 Å². The van der Waals surface area contributed by atoms with E-state index >= 15 is 0 Å². The van der Waals surface area contributed by atoms with Crippen LogP contribution in [0.3, 0.4) is 0 Å². The standard InChI is InChI=1S/C11H11NO2/c13-11-12-10(8-14-11)7-6-9-4-2-1-3-5-9/h1-7,10H,8H2,(H,12,13)/t10-/m1/s1. The largest absolute Gasteiger partial charge is 0.447 e. The van der Waals surface area contributed by atoms with Gasteiger partial charge >= 0.3 is 6.09 Å². The number of benzene rings is 1. The van der Waals surface area contributed by atoms with Gasteiger partial charge in [-0.25, -0.2) is 4.79 Å². The van der Waals surface area contributed by atoms with Crippen LogP contribution in [0.25, 0.3) is 6.08 Å². The van der Waals surface area contributed by atoms with Crippen molar-refractivity contribution in [1.82, 2.24) is 5.32 Å². The molecule has 3 nitrogen and oxygen atoms in total. The first-order chi connectivity index (χ1) is 6.84. The van der Waals surface area contributed by atoms with E-state index in [4.69, 9.17) is 4.74 Å². The van der Waals surface area contributed by atoms with Crippen LogP contribution in [0.2, 0.25) is 0 Å².